The zero-order valence-corrected chi connectivity index (χ0v) is 23.3. The third kappa shape index (κ3) is 5.88. The Morgan fingerprint density at radius 2 is 1.82 bits per heavy atom. The normalized spacial score (nSPS) is 24.8. The highest BCUT2D eigenvalue weighted by Crippen LogP contribution is 2.50. The average Bonchev–Trinajstić information content (AvgIpc) is 3.20. The summed E-state index contributed by atoms with van der Waals surface area (Å²) >= 11 is 0. The third-order valence-corrected chi connectivity index (χ3v) is 8.45. The number of carbonyl (C=O) groups excluding carboxylic acids is 2. The second kappa shape index (κ2) is 12.4. The van der Waals surface area contributed by atoms with Gasteiger partial charge in [-0.25, -0.2) is 0 Å². The summed E-state index contributed by atoms with van der Waals surface area (Å²) in [5.74, 6) is -0.383. The largest absolute Gasteiger partial charge is 0.508 e. The van der Waals surface area contributed by atoms with E-state index in [2.05, 4.69) is 13.0 Å². The first kappa shape index (κ1) is 28.2. The molecule has 2 heterocycles. The highest BCUT2D eigenvalue weighted by atomic mass is 16.5. The summed E-state index contributed by atoms with van der Waals surface area (Å²) in [6, 6.07) is 16.7. The van der Waals surface area contributed by atoms with Crippen LogP contribution in [0.25, 0.3) is 6.08 Å². The van der Waals surface area contributed by atoms with E-state index < -0.39 is 19.0 Å². The van der Waals surface area contributed by atoms with Crippen LogP contribution in [0.1, 0.15) is 51.5 Å². The topological polar surface area (TPSA) is 96.3 Å². The van der Waals surface area contributed by atoms with Crippen molar-refractivity contribution in [2.45, 2.75) is 58.4 Å². The fourth-order valence-corrected chi connectivity index (χ4v) is 6.57. The van der Waals surface area contributed by atoms with Crippen LogP contribution in [0.15, 0.2) is 71.3 Å². The van der Waals surface area contributed by atoms with Crippen molar-refractivity contribution in [3.05, 3.63) is 76.9 Å². The van der Waals surface area contributed by atoms with Gasteiger partial charge in [-0.15, -0.1) is 0 Å². The summed E-state index contributed by atoms with van der Waals surface area (Å²) in [6.45, 7) is 4.82. The minimum absolute atomic E-state index is 0.101. The van der Waals surface area contributed by atoms with E-state index in [1.807, 2.05) is 49.4 Å². The molecule has 40 heavy (non-hydrogen) atoms. The van der Waals surface area contributed by atoms with Crippen molar-refractivity contribution in [3.8, 4) is 11.5 Å². The van der Waals surface area contributed by atoms with Gasteiger partial charge in [-0.1, -0.05) is 55.8 Å². The highest BCUT2D eigenvalue weighted by Gasteiger charge is 2.57. The van der Waals surface area contributed by atoms with Gasteiger partial charge in [0.25, 0.3) is 0 Å². The number of ether oxygens (including phenoxy) is 1. The number of hydrogen-bond donors (Lipinski definition) is 2. The number of nitrogens with zero attached hydrogens (tertiary/aromatic N) is 1. The Balaban J connectivity index is 1.45. The van der Waals surface area contributed by atoms with Crippen LogP contribution < -0.4 is 4.74 Å². The van der Waals surface area contributed by atoms with Gasteiger partial charge < -0.3 is 19.5 Å². The molecular weight excluding hydrogens is 505 g/mol. The van der Waals surface area contributed by atoms with Gasteiger partial charge in [-0.3, -0.25) is 14.5 Å². The van der Waals surface area contributed by atoms with E-state index in [1.54, 1.807) is 12.1 Å². The maximum absolute atomic E-state index is 13.5. The maximum atomic E-state index is 13.5. The summed E-state index contributed by atoms with van der Waals surface area (Å²) < 4.78 is 12.3. The van der Waals surface area contributed by atoms with Gasteiger partial charge in [0.15, 0.2) is 0 Å². The molecule has 2 aliphatic heterocycles. The van der Waals surface area contributed by atoms with Gasteiger partial charge in [0.05, 0.1) is 17.9 Å². The number of phenolic OH excluding ortho intramolecular Hbond substituents is 1. The molecule has 2 amide bonds. The number of aromatic hydroxyl groups is 1. The molecule has 2 saturated heterocycles. The van der Waals surface area contributed by atoms with Crippen LogP contribution in [0.5, 0.6) is 11.5 Å². The molecule has 0 unspecified atom stereocenters. The van der Waals surface area contributed by atoms with Crippen LogP contribution in [0, 0.1) is 17.8 Å². The number of para-hydroxylation sites is 1. The fraction of sp³-hybridized carbons (Fsp3) is 0.438. The standard InChI is InChI=1S/C32H38BNO6/c1-3-16-34-31(36)26-18-23(20-39-25-8-6-5-7-9-25)29-27(30(26)32(34)37)19-33(38)40-28(29)15-12-21(4-2)17-22-10-13-24(35)14-11-22/h5-11,13-14,17,26-28,30,35,38H,3-4,12,15-16,18-20H2,1-2H3/b21-17+/t26-,27+,28-,30-/m1/s1. The molecule has 7 nitrogen and oxygen atoms in total. The molecule has 0 saturated carbocycles. The zero-order valence-electron chi connectivity index (χ0n) is 23.3. The Hall–Kier alpha value is -3.36. The van der Waals surface area contributed by atoms with Gasteiger partial charge in [-0.2, -0.15) is 0 Å². The molecule has 2 aromatic rings. The van der Waals surface area contributed by atoms with Crippen LogP contribution in [0.3, 0.4) is 0 Å². The first-order chi connectivity index (χ1) is 19.4. The monoisotopic (exact) mass is 543 g/mol. The molecule has 3 aliphatic rings. The average molecular weight is 543 g/mol. The number of benzene rings is 2. The van der Waals surface area contributed by atoms with Crippen LogP contribution >= 0.6 is 0 Å². The molecule has 0 bridgehead atoms. The zero-order chi connectivity index (χ0) is 28.2. The Kier molecular flexibility index (Phi) is 8.77. The number of fused-ring (bicyclic) bond motifs is 3. The van der Waals surface area contributed by atoms with Crippen LogP contribution in [-0.2, 0) is 14.2 Å². The first-order valence-electron chi connectivity index (χ1n) is 14.5. The molecule has 2 aromatic carbocycles. The van der Waals surface area contributed by atoms with Crippen LogP contribution in [0.4, 0.5) is 0 Å². The fourth-order valence-electron chi connectivity index (χ4n) is 6.57. The molecule has 0 spiro atoms. The van der Waals surface area contributed by atoms with E-state index in [4.69, 9.17) is 9.39 Å². The Bertz CT molecular complexity index is 1270. The Labute approximate surface area is 236 Å². The van der Waals surface area contributed by atoms with E-state index in [0.29, 0.717) is 38.7 Å². The summed E-state index contributed by atoms with van der Waals surface area (Å²) in [5.41, 5.74) is 4.28. The lowest BCUT2D eigenvalue weighted by Crippen LogP contribution is -2.46. The van der Waals surface area contributed by atoms with Crippen molar-refractivity contribution in [1.82, 2.24) is 4.90 Å². The van der Waals surface area contributed by atoms with Crippen molar-refractivity contribution >= 4 is 25.0 Å². The maximum Gasteiger partial charge on any atom is 0.455 e. The smallest absolute Gasteiger partial charge is 0.455 e. The van der Waals surface area contributed by atoms with Crippen molar-refractivity contribution in [3.63, 3.8) is 0 Å². The second-order valence-corrected chi connectivity index (χ2v) is 11.0. The van der Waals surface area contributed by atoms with E-state index >= 15 is 0 Å². The molecule has 5 rings (SSSR count). The van der Waals surface area contributed by atoms with Gasteiger partial charge in [0.1, 0.15) is 18.1 Å². The predicted molar refractivity (Wildman–Crippen MR) is 154 cm³/mol. The third-order valence-electron chi connectivity index (χ3n) is 8.45. The highest BCUT2D eigenvalue weighted by molar-refractivity contribution is 6.43. The van der Waals surface area contributed by atoms with Gasteiger partial charge in [0, 0.05) is 6.54 Å². The molecule has 8 heteroatoms. The first-order valence-corrected chi connectivity index (χ1v) is 14.5. The molecule has 210 valence electrons. The molecule has 2 fully saturated rings. The number of allylic oxidation sites excluding steroid dienone is 1. The van der Waals surface area contributed by atoms with Gasteiger partial charge in [-0.05, 0) is 85.3 Å². The lowest BCUT2D eigenvalue weighted by Gasteiger charge is -2.43. The molecule has 0 radical (unpaired) electrons. The molecule has 0 aromatic heterocycles. The SMILES string of the molecule is CCCN1C(=O)[C@@H]2[C@@H](CC(COc3ccccc3)=C3[C@@H](CC/C(=C/c4ccc(O)cc4)CC)OB(O)C[C@@H]32)C1=O. The predicted octanol–water partition coefficient (Wildman–Crippen LogP) is 5.25. The molecule has 1 aliphatic carbocycles. The molecule has 4 atom stereocenters. The van der Waals surface area contributed by atoms with Gasteiger partial charge >= 0.3 is 7.12 Å². The Morgan fingerprint density at radius 1 is 1.07 bits per heavy atom. The van der Waals surface area contributed by atoms with Gasteiger partial charge in [0.2, 0.25) is 11.8 Å². The summed E-state index contributed by atoms with van der Waals surface area (Å²) in [6.07, 6.45) is 5.48. The van der Waals surface area contributed by atoms with Crippen molar-refractivity contribution in [1.29, 1.82) is 0 Å². The summed E-state index contributed by atoms with van der Waals surface area (Å²) in [7, 11) is -0.997. The molecular formula is C32H38BNO6. The lowest BCUT2D eigenvalue weighted by atomic mass is 9.58. The minimum atomic E-state index is -0.997. The minimum Gasteiger partial charge on any atom is -0.508 e. The van der Waals surface area contributed by atoms with Crippen LogP contribution in [-0.4, -0.2) is 53.2 Å². The van der Waals surface area contributed by atoms with E-state index in [1.165, 1.54) is 10.5 Å². The lowest BCUT2D eigenvalue weighted by molar-refractivity contribution is -0.140. The van der Waals surface area contributed by atoms with E-state index in [0.717, 1.165) is 35.3 Å². The number of amides is 2. The number of phenols is 1. The number of hydrogen-bond acceptors (Lipinski definition) is 6. The molecule has 2 N–H and O–H groups in total. The van der Waals surface area contributed by atoms with Crippen molar-refractivity contribution in [2.24, 2.45) is 17.8 Å². The summed E-state index contributed by atoms with van der Waals surface area (Å²) in [5, 5.41) is 20.4. The van der Waals surface area contributed by atoms with Crippen molar-refractivity contribution in [2.75, 3.05) is 13.2 Å². The number of carbonyl (C=O) groups is 2. The number of rotatable bonds is 10. The number of imide groups is 1. The summed E-state index contributed by atoms with van der Waals surface area (Å²) in [4.78, 5) is 28.3. The number of likely N-dealkylation sites (tertiary alicyclic amines) is 1. The van der Waals surface area contributed by atoms with Crippen LogP contribution in [0.2, 0.25) is 6.32 Å². The second-order valence-electron chi connectivity index (χ2n) is 11.0. The quantitative estimate of drug-likeness (QED) is 0.241. The van der Waals surface area contributed by atoms with E-state index in [9.17, 15) is 19.7 Å². The Morgan fingerprint density at radius 3 is 2.52 bits per heavy atom. The van der Waals surface area contributed by atoms with E-state index in [-0.39, 0.29) is 29.6 Å². The van der Waals surface area contributed by atoms with Crippen molar-refractivity contribution < 1.29 is 29.1 Å².